The van der Waals surface area contributed by atoms with Crippen molar-refractivity contribution in [1.82, 2.24) is 9.97 Å². The molecule has 20 heavy (non-hydrogen) atoms. The van der Waals surface area contributed by atoms with Gasteiger partial charge in [-0.05, 0) is 35.9 Å². The minimum atomic E-state index is -0.334. The van der Waals surface area contributed by atoms with Gasteiger partial charge in [-0.3, -0.25) is 9.97 Å². The summed E-state index contributed by atoms with van der Waals surface area (Å²) < 4.78 is 13.5. The summed E-state index contributed by atoms with van der Waals surface area (Å²) in [5.41, 5.74) is 2.91. The fourth-order valence-electron chi connectivity index (χ4n) is 2.26. The van der Waals surface area contributed by atoms with E-state index in [1.54, 1.807) is 18.5 Å². The Hall–Kier alpha value is -2.62. The number of hydrogen-bond acceptors (Lipinski definition) is 3. The van der Waals surface area contributed by atoms with E-state index in [2.05, 4.69) is 9.97 Å². The molecule has 0 radical (unpaired) electrons. The number of aromatic nitrogens is 2. The fourth-order valence-corrected chi connectivity index (χ4v) is 2.26. The second-order valence-corrected chi connectivity index (χ2v) is 4.41. The molecule has 0 aliphatic heterocycles. The van der Waals surface area contributed by atoms with Gasteiger partial charge in [0.2, 0.25) is 0 Å². The van der Waals surface area contributed by atoms with Crippen LogP contribution in [-0.2, 0) is 11.2 Å². The first kappa shape index (κ1) is 12.4. The van der Waals surface area contributed by atoms with E-state index in [9.17, 15) is 9.18 Å². The number of pyridine rings is 2. The van der Waals surface area contributed by atoms with Crippen molar-refractivity contribution in [3.63, 3.8) is 0 Å². The molecule has 0 saturated carbocycles. The Morgan fingerprint density at radius 3 is 2.80 bits per heavy atom. The van der Waals surface area contributed by atoms with E-state index < -0.39 is 0 Å². The Balaban J connectivity index is 2.37. The highest BCUT2D eigenvalue weighted by atomic mass is 19.1. The third-order valence-electron chi connectivity index (χ3n) is 3.13. The fraction of sp³-hybridized carbons (Fsp3) is 0.0625. The first-order chi connectivity index (χ1) is 9.79. The van der Waals surface area contributed by atoms with Crippen LogP contribution in [0.4, 0.5) is 4.39 Å². The lowest BCUT2D eigenvalue weighted by molar-refractivity contribution is -0.107. The van der Waals surface area contributed by atoms with Crippen molar-refractivity contribution in [3.8, 4) is 11.3 Å². The van der Waals surface area contributed by atoms with E-state index >= 15 is 0 Å². The zero-order valence-corrected chi connectivity index (χ0v) is 10.6. The minimum absolute atomic E-state index is 0.228. The molecule has 3 aromatic rings. The van der Waals surface area contributed by atoms with Crippen LogP contribution in [0.2, 0.25) is 0 Å². The van der Waals surface area contributed by atoms with E-state index in [-0.39, 0.29) is 12.2 Å². The van der Waals surface area contributed by atoms with Gasteiger partial charge in [0.1, 0.15) is 12.1 Å². The van der Waals surface area contributed by atoms with Crippen LogP contribution in [0.1, 0.15) is 5.56 Å². The van der Waals surface area contributed by atoms with Crippen molar-refractivity contribution in [2.24, 2.45) is 0 Å². The molecule has 4 heteroatoms. The predicted octanol–water partition coefficient (Wildman–Crippen LogP) is 3.18. The molecule has 0 spiro atoms. The van der Waals surface area contributed by atoms with Gasteiger partial charge in [-0.2, -0.15) is 0 Å². The van der Waals surface area contributed by atoms with Crippen LogP contribution in [0.15, 0.2) is 48.8 Å². The average Bonchev–Trinajstić information content (AvgIpc) is 2.48. The van der Waals surface area contributed by atoms with Crippen LogP contribution in [0.5, 0.6) is 0 Å². The zero-order valence-electron chi connectivity index (χ0n) is 10.6. The van der Waals surface area contributed by atoms with Crippen molar-refractivity contribution in [3.05, 3.63) is 60.2 Å². The molecular formula is C16H11FN2O. The van der Waals surface area contributed by atoms with Gasteiger partial charge < -0.3 is 4.79 Å². The quantitative estimate of drug-likeness (QED) is 0.684. The van der Waals surface area contributed by atoms with E-state index in [1.807, 2.05) is 18.2 Å². The Bertz CT molecular complexity index is 772. The molecule has 0 atom stereocenters. The number of hydrogen-bond donors (Lipinski definition) is 0. The molecule has 0 fully saturated rings. The standard InChI is InChI=1S/C16H11FN2O/c17-12-4-5-14-13(9-12)16(11(6-8-20)10-19-14)15-3-1-2-7-18-15/h1-5,7-10H,6H2. The zero-order chi connectivity index (χ0) is 13.9. The van der Waals surface area contributed by atoms with Gasteiger partial charge >= 0.3 is 0 Å². The summed E-state index contributed by atoms with van der Waals surface area (Å²) >= 11 is 0. The predicted molar refractivity (Wildman–Crippen MR) is 74.7 cm³/mol. The van der Waals surface area contributed by atoms with Crippen LogP contribution in [0, 0.1) is 5.82 Å². The SMILES string of the molecule is O=CCc1cnc2ccc(F)cc2c1-c1ccccn1. The lowest BCUT2D eigenvalue weighted by atomic mass is 9.98. The van der Waals surface area contributed by atoms with Gasteiger partial charge in [0, 0.05) is 29.8 Å². The third kappa shape index (κ3) is 2.16. The normalized spacial score (nSPS) is 10.7. The molecule has 0 bridgehead atoms. The van der Waals surface area contributed by atoms with Gasteiger partial charge in [0.25, 0.3) is 0 Å². The second kappa shape index (κ2) is 5.17. The number of carbonyl (C=O) groups excluding carboxylic acids is 1. The first-order valence-electron chi connectivity index (χ1n) is 6.22. The van der Waals surface area contributed by atoms with Gasteiger partial charge in [-0.15, -0.1) is 0 Å². The summed E-state index contributed by atoms with van der Waals surface area (Å²) in [6.07, 6.45) is 4.37. The number of fused-ring (bicyclic) bond motifs is 1. The Morgan fingerprint density at radius 1 is 1.15 bits per heavy atom. The third-order valence-corrected chi connectivity index (χ3v) is 3.13. The molecule has 0 amide bonds. The molecule has 2 heterocycles. The molecular weight excluding hydrogens is 255 g/mol. The van der Waals surface area contributed by atoms with Gasteiger partial charge in [0.15, 0.2) is 0 Å². The van der Waals surface area contributed by atoms with Gasteiger partial charge in [-0.25, -0.2) is 4.39 Å². The van der Waals surface area contributed by atoms with Crippen LogP contribution in [-0.4, -0.2) is 16.3 Å². The van der Waals surface area contributed by atoms with Crippen molar-refractivity contribution >= 4 is 17.2 Å². The first-order valence-corrected chi connectivity index (χ1v) is 6.22. The monoisotopic (exact) mass is 266 g/mol. The van der Waals surface area contributed by atoms with Crippen LogP contribution in [0.25, 0.3) is 22.2 Å². The van der Waals surface area contributed by atoms with Crippen molar-refractivity contribution in [2.45, 2.75) is 6.42 Å². The van der Waals surface area contributed by atoms with Gasteiger partial charge in [0.05, 0.1) is 11.2 Å². The summed E-state index contributed by atoms with van der Waals surface area (Å²) in [5.74, 6) is -0.334. The number of aldehydes is 1. The highest BCUT2D eigenvalue weighted by Gasteiger charge is 2.12. The van der Waals surface area contributed by atoms with Gasteiger partial charge in [-0.1, -0.05) is 6.07 Å². The summed E-state index contributed by atoms with van der Waals surface area (Å²) in [6, 6.07) is 9.94. The van der Waals surface area contributed by atoms with Crippen LogP contribution in [0.3, 0.4) is 0 Å². The van der Waals surface area contributed by atoms with E-state index in [4.69, 9.17) is 0 Å². The molecule has 0 saturated heterocycles. The van der Waals surface area contributed by atoms with E-state index in [0.717, 1.165) is 17.4 Å². The molecule has 3 nitrogen and oxygen atoms in total. The molecule has 2 aromatic heterocycles. The Labute approximate surface area is 115 Å². The van der Waals surface area contributed by atoms with Crippen LogP contribution >= 0.6 is 0 Å². The smallest absolute Gasteiger partial charge is 0.124 e. The average molecular weight is 266 g/mol. The summed E-state index contributed by atoms with van der Waals surface area (Å²) in [4.78, 5) is 19.4. The molecule has 0 N–H and O–H groups in total. The Kier molecular flexibility index (Phi) is 3.21. The highest BCUT2D eigenvalue weighted by molar-refractivity contribution is 5.95. The molecule has 0 aliphatic rings. The number of benzene rings is 1. The summed E-state index contributed by atoms with van der Waals surface area (Å²) in [5, 5.41) is 0.669. The number of nitrogens with zero attached hydrogens (tertiary/aromatic N) is 2. The second-order valence-electron chi connectivity index (χ2n) is 4.41. The molecule has 3 rings (SSSR count). The largest absolute Gasteiger partial charge is 0.303 e. The van der Waals surface area contributed by atoms with E-state index in [0.29, 0.717) is 16.6 Å². The number of halogens is 1. The maximum atomic E-state index is 13.5. The van der Waals surface area contributed by atoms with Crippen molar-refractivity contribution < 1.29 is 9.18 Å². The lowest BCUT2D eigenvalue weighted by Gasteiger charge is -2.10. The van der Waals surface area contributed by atoms with Crippen molar-refractivity contribution in [2.75, 3.05) is 0 Å². The van der Waals surface area contributed by atoms with Crippen LogP contribution < -0.4 is 0 Å². The summed E-state index contributed by atoms with van der Waals surface area (Å²) in [6.45, 7) is 0. The molecule has 0 unspecified atom stereocenters. The van der Waals surface area contributed by atoms with Crippen molar-refractivity contribution in [1.29, 1.82) is 0 Å². The topological polar surface area (TPSA) is 42.9 Å². The number of carbonyl (C=O) groups is 1. The maximum Gasteiger partial charge on any atom is 0.124 e. The summed E-state index contributed by atoms with van der Waals surface area (Å²) in [7, 11) is 0. The Morgan fingerprint density at radius 2 is 2.05 bits per heavy atom. The molecule has 98 valence electrons. The minimum Gasteiger partial charge on any atom is -0.303 e. The molecule has 0 aliphatic carbocycles. The maximum absolute atomic E-state index is 13.5. The highest BCUT2D eigenvalue weighted by Crippen LogP contribution is 2.30. The number of rotatable bonds is 3. The molecule has 1 aromatic carbocycles. The lowest BCUT2D eigenvalue weighted by Crippen LogP contribution is -1.97. The van der Waals surface area contributed by atoms with E-state index in [1.165, 1.54) is 12.1 Å².